The Bertz CT molecular complexity index is 800. The van der Waals surface area contributed by atoms with Crippen LogP contribution in [0.3, 0.4) is 0 Å². The molecule has 1 aromatic heterocycles. The second-order valence-corrected chi connectivity index (χ2v) is 7.15. The van der Waals surface area contributed by atoms with Crippen LogP contribution in [0.5, 0.6) is 5.75 Å². The second-order valence-electron chi connectivity index (χ2n) is 7.15. The number of rotatable bonds is 11. The molecular formula is C23H28N2O5. The molecule has 1 aliphatic heterocycles. The van der Waals surface area contributed by atoms with Crippen molar-refractivity contribution in [1.29, 1.82) is 0 Å². The number of hydrogen-bond donors (Lipinski definition) is 0. The Kier molecular flexibility index (Phi) is 8.09. The number of carbonyl (C=O) groups excluding carboxylic acids is 2. The van der Waals surface area contributed by atoms with Gasteiger partial charge in [-0.2, -0.15) is 0 Å². The third-order valence-electron chi connectivity index (χ3n) is 4.86. The topological polar surface area (TPSA) is 72.2 Å². The fourth-order valence-electron chi connectivity index (χ4n) is 3.31. The van der Waals surface area contributed by atoms with Crippen LogP contribution in [0.25, 0.3) is 0 Å². The van der Waals surface area contributed by atoms with E-state index in [4.69, 9.17) is 13.9 Å². The SMILES string of the molecule is C=CCN(CC(=O)N(Cc1ccco1)C[C@H]1CCCO1)C(=O)COc1ccccc1. The quantitative estimate of drug-likeness (QED) is 0.531. The van der Waals surface area contributed by atoms with Gasteiger partial charge in [0.2, 0.25) is 5.91 Å². The normalized spacial score (nSPS) is 15.5. The van der Waals surface area contributed by atoms with E-state index in [2.05, 4.69) is 6.58 Å². The first kappa shape index (κ1) is 21.6. The molecule has 30 heavy (non-hydrogen) atoms. The van der Waals surface area contributed by atoms with Crippen molar-refractivity contribution in [2.45, 2.75) is 25.5 Å². The van der Waals surface area contributed by atoms with Crippen LogP contribution in [0.2, 0.25) is 0 Å². The summed E-state index contributed by atoms with van der Waals surface area (Å²) in [6, 6.07) is 12.7. The van der Waals surface area contributed by atoms with Crippen LogP contribution in [0.4, 0.5) is 0 Å². The van der Waals surface area contributed by atoms with E-state index in [-0.39, 0.29) is 37.6 Å². The Hall–Kier alpha value is -3.06. The molecular weight excluding hydrogens is 384 g/mol. The largest absolute Gasteiger partial charge is 0.484 e. The average molecular weight is 412 g/mol. The molecule has 1 saturated heterocycles. The van der Waals surface area contributed by atoms with Crippen LogP contribution in [-0.2, 0) is 20.9 Å². The lowest BCUT2D eigenvalue weighted by Gasteiger charge is -2.28. The summed E-state index contributed by atoms with van der Waals surface area (Å²) in [6.07, 6.45) is 5.10. The Balaban J connectivity index is 1.61. The van der Waals surface area contributed by atoms with Gasteiger partial charge < -0.3 is 23.7 Å². The molecule has 0 saturated carbocycles. The van der Waals surface area contributed by atoms with Gasteiger partial charge in [-0.1, -0.05) is 24.3 Å². The molecule has 0 bridgehead atoms. The monoisotopic (exact) mass is 412 g/mol. The Labute approximate surface area is 176 Å². The van der Waals surface area contributed by atoms with Crippen LogP contribution in [0.15, 0.2) is 65.8 Å². The van der Waals surface area contributed by atoms with E-state index in [9.17, 15) is 9.59 Å². The van der Waals surface area contributed by atoms with Crippen LogP contribution >= 0.6 is 0 Å². The summed E-state index contributed by atoms with van der Waals surface area (Å²) in [5, 5.41) is 0. The third-order valence-corrected chi connectivity index (χ3v) is 4.86. The number of nitrogens with zero attached hydrogens (tertiary/aromatic N) is 2. The van der Waals surface area contributed by atoms with Gasteiger partial charge in [0.05, 0.1) is 18.9 Å². The van der Waals surface area contributed by atoms with E-state index in [0.29, 0.717) is 31.2 Å². The fraction of sp³-hybridized carbons (Fsp3) is 0.391. The van der Waals surface area contributed by atoms with Gasteiger partial charge in [0.25, 0.3) is 5.91 Å². The summed E-state index contributed by atoms with van der Waals surface area (Å²) < 4.78 is 16.7. The molecule has 2 aromatic rings. The predicted molar refractivity (Wildman–Crippen MR) is 112 cm³/mol. The molecule has 1 aromatic carbocycles. The molecule has 0 N–H and O–H groups in total. The maximum atomic E-state index is 13.1. The van der Waals surface area contributed by atoms with Crippen molar-refractivity contribution in [2.24, 2.45) is 0 Å². The number of carbonyl (C=O) groups is 2. The average Bonchev–Trinajstić information content (AvgIpc) is 3.46. The lowest BCUT2D eigenvalue weighted by Crippen LogP contribution is -2.46. The van der Waals surface area contributed by atoms with Gasteiger partial charge >= 0.3 is 0 Å². The van der Waals surface area contributed by atoms with Crippen LogP contribution in [-0.4, -0.2) is 60.6 Å². The minimum absolute atomic E-state index is 0.00822. The highest BCUT2D eigenvalue weighted by Gasteiger charge is 2.26. The standard InChI is InChI=1S/C23H28N2O5/c1-2-12-24(23(27)18-30-19-8-4-3-5-9-19)17-22(26)25(15-20-10-6-13-28-20)16-21-11-7-14-29-21/h2-6,8-10,13,21H,1,7,11-12,14-18H2/t21-/m1/s1. The molecule has 3 rings (SSSR count). The molecule has 1 fully saturated rings. The first-order valence-corrected chi connectivity index (χ1v) is 10.1. The van der Waals surface area contributed by atoms with E-state index in [1.165, 1.54) is 4.90 Å². The molecule has 0 spiro atoms. The van der Waals surface area contributed by atoms with Gasteiger partial charge in [-0.25, -0.2) is 0 Å². The van der Waals surface area contributed by atoms with Gasteiger partial charge in [-0.05, 0) is 37.1 Å². The first-order chi connectivity index (χ1) is 14.7. The van der Waals surface area contributed by atoms with Gasteiger partial charge in [0, 0.05) is 19.7 Å². The van der Waals surface area contributed by atoms with Crippen molar-refractivity contribution in [3.8, 4) is 5.75 Å². The van der Waals surface area contributed by atoms with E-state index >= 15 is 0 Å². The summed E-state index contributed by atoms with van der Waals surface area (Å²) in [5.41, 5.74) is 0. The lowest BCUT2D eigenvalue weighted by molar-refractivity contribution is -0.142. The number of benzene rings is 1. The van der Waals surface area contributed by atoms with Crippen molar-refractivity contribution in [2.75, 3.05) is 32.8 Å². The maximum absolute atomic E-state index is 13.1. The smallest absolute Gasteiger partial charge is 0.261 e. The van der Waals surface area contributed by atoms with E-state index in [0.717, 1.165) is 12.8 Å². The Morgan fingerprint density at radius 3 is 2.63 bits per heavy atom. The molecule has 7 heteroatoms. The van der Waals surface area contributed by atoms with Crippen LogP contribution in [0, 0.1) is 0 Å². The number of ether oxygens (including phenoxy) is 2. The lowest BCUT2D eigenvalue weighted by atomic mass is 10.2. The number of para-hydroxylation sites is 1. The maximum Gasteiger partial charge on any atom is 0.261 e. The molecule has 7 nitrogen and oxygen atoms in total. The van der Waals surface area contributed by atoms with E-state index in [1.807, 2.05) is 24.3 Å². The van der Waals surface area contributed by atoms with Gasteiger partial charge in [-0.3, -0.25) is 9.59 Å². The van der Waals surface area contributed by atoms with Gasteiger partial charge in [0.1, 0.15) is 18.1 Å². The molecule has 1 atom stereocenters. The molecule has 160 valence electrons. The zero-order chi connectivity index (χ0) is 21.2. The Morgan fingerprint density at radius 2 is 1.97 bits per heavy atom. The van der Waals surface area contributed by atoms with E-state index in [1.54, 1.807) is 35.4 Å². The number of furan rings is 1. The number of amides is 2. The zero-order valence-electron chi connectivity index (χ0n) is 17.1. The highest BCUT2D eigenvalue weighted by atomic mass is 16.5. The van der Waals surface area contributed by atoms with Crippen LogP contribution < -0.4 is 4.74 Å². The summed E-state index contributed by atoms with van der Waals surface area (Å²) in [4.78, 5) is 28.9. The summed E-state index contributed by atoms with van der Waals surface area (Å²) in [7, 11) is 0. The van der Waals surface area contributed by atoms with Crippen molar-refractivity contribution in [3.63, 3.8) is 0 Å². The number of hydrogen-bond acceptors (Lipinski definition) is 5. The molecule has 2 heterocycles. The van der Waals surface area contributed by atoms with Crippen molar-refractivity contribution >= 4 is 11.8 Å². The molecule has 2 amide bonds. The molecule has 1 aliphatic rings. The summed E-state index contributed by atoms with van der Waals surface area (Å²) in [6.45, 7) is 5.28. The molecule has 0 unspecified atom stereocenters. The first-order valence-electron chi connectivity index (χ1n) is 10.1. The predicted octanol–water partition coefficient (Wildman–Crippen LogP) is 2.88. The molecule has 0 radical (unpaired) electrons. The summed E-state index contributed by atoms with van der Waals surface area (Å²) >= 11 is 0. The van der Waals surface area contributed by atoms with Gasteiger partial charge in [-0.15, -0.1) is 6.58 Å². The fourth-order valence-corrected chi connectivity index (χ4v) is 3.31. The van der Waals surface area contributed by atoms with Crippen molar-refractivity contribution in [1.82, 2.24) is 9.80 Å². The minimum Gasteiger partial charge on any atom is -0.484 e. The van der Waals surface area contributed by atoms with Crippen molar-refractivity contribution in [3.05, 3.63) is 67.1 Å². The Morgan fingerprint density at radius 1 is 1.13 bits per heavy atom. The third kappa shape index (κ3) is 6.49. The second kappa shape index (κ2) is 11.2. The van der Waals surface area contributed by atoms with Crippen molar-refractivity contribution < 1.29 is 23.5 Å². The van der Waals surface area contributed by atoms with Gasteiger partial charge in [0.15, 0.2) is 6.61 Å². The zero-order valence-corrected chi connectivity index (χ0v) is 17.1. The molecule has 0 aliphatic carbocycles. The summed E-state index contributed by atoms with van der Waals surface area (Å²) in [5.74, 6) is 0.850. The van der Waals surface area contributed by atoms with E-state index < -0.39 is 0 Å². The highest BCUT2D eigenvalue weighted by molar-refractivity contribution is 5.85. The minimum atomic E-state index is -0.276. The highest BCUT2D eigenvalue weighted by Crippen LogP contribution is 2.16. The van der Waals surface area contributed by atoms with Crippen LogP contribution in [0.1, 0.15) is 18.6 Å².